The van der Waals surface area contributed by atoms with Crippen LogP contribution in [0.2, 0.25) is 0 Å². The van der Waals surface area contributed by atoms with Crippen LogP contribution < -0.4 is 10.9 Å². The van der Waals surface area contributed by atoms with E-state index in [9.17, 15) is 9.59 Å². The van der Waals surface area contributed by atoms with Crippen molar-refractivity contribution in [2.24, 2.45) is 0 Å². The fourth-order valence-electron chi connectivity index (χ4n) is 5.26. The number of amides is 1. The van der Waals surface area contributed by atoms with Gasteiger partial charge >= 0.3 is 0 Å². The van der Waals surface area contributed by atoms with Crippen molar-refractivity contribution in [2.45, 2.75) is 19.9 Å². The first-order valence-electron chi connectivity index (χ1n) is 13.6. The monoisotopic (exact) mass is 546 g/mol. The predicted molar refractivity (Wildman–Crippen MR) is 157 cm³/mol. The molecule has 1 saturated heterocycles. The molecule has 2 aromatic carbocycles. The van der Waals surface area contributed by atoms with Crippen LogP contribution in [0.25, 0.3) is 22.1 Å². The number of ether oxygens (including phenoxy) is 1. The maximum Gasteiger partial charge on any atom is 0.264 e. The maximum absolute atomic E-state index is 14.2. The minimum absolute atomic E-state index is 0.185. The fraction of sp³-hybridized carbons (Fsp3) is 0.250. The highest BCUT2D eigenvalue weighted by Gasteiger charge is 2.23. The van der Waals surface area contributed by atoms with Gasteiger partial charge in [0.2, 0.25) is 0 Å². The Bertz CT molecular complexity index is 1860. The molecule has 6 rings (SSSR count). The van der Waals surface area contributed by atoms with Crippen molar-refractivity contribution in [1.29, 1.82) is 0 Å². The molecule has 1 fully saturated rings. The van der Waals surface area contributed by atoms with Crippen molar-refractivity contribution in [3.8, 4) is 17.5 Å². The summed E-state index contributed by atoms with van der Waals surface area (Å²) >= 11 is 0. The Balaban J connectivity index is 1.41. The van der Waals surface area contributed by atoms with E-state index in [1.54, 1.807) is 34.5 Å². The molecule has 3 aromatic heterocycles. The van der Waals surface area contributed by atoms with Crippen LogP contribution in [0.15, 0.2) is 77.9 Å². The summed E-state index contributed by atoms with van der Waals surface area (Å²) in [4.78, 5) is 34.3. The standard InChI is InChI=1S/C32H30N6O3/c1-22(34-31(39)28-23(2)35-37-16-8-14-33-30(28)37)27-21-25-10-6-9-24(11-7-15-36-17-19-41-20-18-36)29(25)32(40)38(27)26-12-4-3-5-13-26/h3-6,8-10,12-14,16,21-22H,15,17-20H2,1-2H3,(H,34,39)/t22-/m0/s1. The molecule has 4 heterocycles. The zero-order chi connectivity index (χ0) is 28.3. The first-order valence-corrected chi connectivity index (χ1v) is 13.6. The van der Waals surface area contributed by atoms with E-state index in [1.165, 1.54) is 0 Å². The van der Waals surface area contributed by atoms with E-state index in [-0.39, 0.29) is 11.5 Å². The van der Waals surface area contributed by atoms with Gasteiger partial charge in [-0.05, 0) is 49.6 Å². The van der Waals surface area contributed by atoms with Crippen LogP contribution in [-0.2, 0) is 4.74 Å². The van der Waals surface area contributed by atoms with Gasteiger partial charge in [-0.25, -0.2) is 9.50 Å². The second-order valence-corrected chi connectivity index (χ2v) is 10.0. The molecule has 9 heteroatoms. The summed E-state index contributed by atoms with van der Waals surface area (Å²) in [6.07, 6.45) is 3.39. The van der Waals surface area contributed by atoms with Gasteiger partial charge in [-0.2, -0.15) is 5.10 Å². The molecule has 1 amide bonds. The van der Waals surface area contributed by atoms with Gasteiger partial charge in [-0.3, -0.25) is 19.1 Å². The smallest absolute Gasteiger partial charge is 0.264 e. The van der Waals surface area contributed by atoms with Crippen LogP contribution in [0.1, 0.15) is 40.3 Å². The van der Waals surface area contributed by atoms with Crippen LogP contribution in [0.4, 0.5) is 0 Å². The summed E-state index contributed by atoms with van der Waals surface area (Å²) in [5, 5.41) is 8.82. The molecule has 0 spiro atoms. The van der Waals surface area contributed by atoms with Gasteiger partial charge in [-0.15, -0.1) is 0 Å². The van der Waals surface area contributed by atoms with Crippen molar-refractivity contribution in [3.63, 3.8) is 0 Å². The van der Waals surface area contributed by atoms with Gasteiger partial charge in [0.25, 0.3) is 11.5 Å². The minimum atomic E-state index is -0.506. The highest BCUT2D eigenvalue weighted by atomic mass is 16.5. The summed E-state index contributed by atoms with van der Waals surface area (Å²) in [6, 6.07) is 18.4. The number of pyridine rings is 1. The lowest BCUT2D eigenvalue weighted by molar-refractivity contribution is 0.0443. The normalized spacial score (nSPS) is 14.5. The van der Waals surface area contributed by atoms with Crippen LogP contribution in [-0.4, -0.2) is 62.8 Å². The van der Waals surface area contributed by atoms with Gasteiger partial charge in [0.1, 0.15) is 5.56 Å². The molecule has 9 nitrogen and oxygen atoms in total. The predicted octanol–water partition coefficient (Wildman–Crippen LogP) is 3.52. The van der Waals surface area contributed by atoms with Crippen molar-refractivity contribution >= 4 is 22.3 Å². The summed E-state index contributed by atoms with van der Waals surface area (Å²) in [5.74, 6) is 6.19. The van der Waals surface area contributed by atoms with E-state index < -0.39 is 6.04 Å². The lowest BCUT2D eigenvalue weighted by atomic mass is 10.0. The molecule has 0 radical (unpaired) electrons. The number of morpholine rings is 1. The number of nitrogens with zero attached hydrogens (tertiary/aromatic N) is 5. The number of carbonyl (C=O) groups excluding carboxylic acids is 1. The largest absolute Gasteiger partial charge is 0.379 e. The topological polar surface area (TPSA) is 93.8 Å². The molecule has 0 bridgehead atoms. The Morgan fingerprint density at radius 2 is 1.90 bits per heavy atom. The van der Waals surface area contributed by atoms with Gasteiger partial charge in [0.15, 0.2) is 5.65 Å². The number of carbonyl (C=O) groups is 1. The highest BCUT2D eigenvalue weighted by Crippen LogP contribution is 2.24. The van der Waals surface area contributed by atoms with E-state index in [4.69, 9.17) is 4.74 Å². The zero-order valence-electron chi connectivity index (χ0n) is 23.0. The first kappa shape index (κ1) is 26.4. The number of rotatable bonds is 5. The van der Waals surface area contributed by atoms with Crippen LogP contribution in [0.5, 0.6) is 0 Å². The molecular formula is C32H30N6O3. The number of hydrogen-bond acceptors (Lipinski definition) is 6. The molecule has 0 aliphatic carbocycles. The van der Waals surface area contributed by atoms with E-state index in [1.807, 2.05) is 61.5 Å². The van der Waals surface area contributed by atoms with Gasteiger partial charge in [0, 0.05) is 42.4 Å². The Morgan fingerprint density at radius 3 is 2.71 bits per heavy atom. The fourth-order valence-corrected chi connectivity index (χ4v) is 5.26. The van der Waals surface area contributed by atoms with Gasteiger partial charge in [-0.1, -0.05) is 42.2 Å². The third-order valence-corrected chi connectivity index (χ3v) is 7.31. The third-order valence-electron chi connectivity index (χ3n) is 7.31. The van der Waals surface area contributed by atoms with Gasteiger partial charge < -0.3 is 10.1 Å². The third kappa shape index (κ3) is 5.23. The zero-order valence-corrected chi connectivity index (χ0v) is 23.0. The van der Waals surface area contributed by atoms with E-state index in [0.717, 1.165) is 18.5 Å². The molecular weight excluding hydrogens is 516 g/mol. The number of aromatic nitrogens is 4. The first-order chi connectivity index (χ1) is 20.0. The SMILES string of the molecule is Cc1nn2cccnc2c1C(=O)N[C@@H](C)c1cc2cccc(C#CCN3CCOCC3)c2c(=O)n1-c1ccccc1. The molecule has 1 aliphatic rings. The number of benzene rings is 2. The van der Waals surface area contributed by atoms with Gasteiger partial charge in [0.05, 0.1) is 36.9 Å². The van der Waals surface area contributed by atoms with Crippen molar-refractivity contribution in [1.82, 2.24) is 29.4 Å². The highest BCUT2D eigenvalue weighted by molar-refractivity contribution is 6.01. The lowest BCUT2D eigenvalue weighted by Gasteiger charge is -2.24. The number of hydrogen-bond donors (Lipinski definition) is 1. The average molecular weight is 547 g/mol. The van der Waals surface area contributed by atoms with Crippen molar-refractivity contribution in [2.75, 3.05) is 32.8 Å². The number of para-hydroxylation sites is 1. The number of nitrogens with one attached hydrogen (secondary N) is 1. The number of aryl methyl sites for hydroxylation is 1. The molecule has 0 saturated carbocycles. The van der Waals surface area contributed by atoms with Crippen molar-refractivity contribution in [3.05, 3.63) is 106 Å². The quantitative estimate of drug-likeness (QED) is 0.339. The van der Waals surface area contributed by atoms with Crippen molar-refractivity contribution < 1.29 is 9.53 Å². The maximum atomic E-state index is 14.2. The lowest BCUT2D eigenvalue weighted by Crippen LogP contribution is -2.36. The molecule has 1 aliphatic heterocycles. The molecule has 0 unspecified atom stereocenters. The molecule has 41 heavy (non-hydrogen) atoms. The van der Waals surface area contributed by atoms with E-state index in [0.29, 0.717) is 59.0 Å². The molecule has 1 atom stereocenters. The van der Waals surface area contributed by atoms with Crippen LogP contribution >= 0.6 is 0 Å². The van der Waals surface area contributed by atoms with Crippen LogP contribution in [0, 0.1) is 18.8 Å². The Kier molecular flexibility index (Phi) is 7.33. The molecule has 206 valence electrons. The van der Waals surface area contributed by atoms with E-state index in [2.05, 4.69) is 32.1 Å². The Morgan fingerprint density at radius 1 is 1.10 bits per heavy atom. The summed E-state index contributed by atoms with van der Waals surface area (Å²) in [7, 11) is 0. The number of fused-ring (bicyclic) bond motifs is 2. The molecule has 1 N–H and O–H groups in total. The molecule has 5 aromatic rings. The summed E-state index contributed by atoms with van der Waals surface area (Å²) in [5.41, 5.74) is 3.32. The second-order valence-electron chi connectivity index (χ2n) is 10.0. The minimum Gasteiger partial charge on any atom is -0.379 e. The van der Waals surface area contributed by atoms with Crippen LogP contribution in [0.3, 0.4) is 0 Å². The van der Waals surface area contributed by atoms with E-state index >= 15 is 0 Å². The second kappa shape index (κ2) is 11.4. The Hall–Kier alpha value is -4.78. The average Bonchev–Trinajstić information content (AvgIpc) is 3.33. The summed E-state index contributed by atoms with van der Waals surface area (Å²) in [6.45, 7) is 7.40. The summed E-state index contributed by atoms with van der Waals surface area (Å²) < 4.78 is 8.68. The Labute approximate surface area is 237 Å².